The molecule has 0 atom stereocenters. The molecule has 1 aromatic carbocycles. The maximum atomic E-state index is 12.0. The maximum Gasteiger partial charge on any atom is 0.160 e. The third-order valence-electron chi connectivity index (χ3n) is 4.26. The third kappa shape index (κ3) is 6.34. The Balaban J connectivity index is 2.26. The van der Waals surface area contributed by atoms with Crippen LogP contribution < -0.4 is 9.47 Å². The van der Waals surface area contributed by atoms with Crippen LogP contribution in [0.3, 0.4) is 0 Å². The van der Waals surface area contributed by atoms with Crippen LogP contribution in [0.2, 0.25) is 0 Å². The topological polar surface area (TPSA) is 52.6 Å². The van der Waals surface area contributed by atoms with Crippen LogP contribution in [0.5, 0.6) is 11.5 Å². The number of rotatable bonds is 10. The van der Waals surface area contributed by atoms with Crippen molar-refractivity contribution in [3.8, 4) is 11.5 Å². The van der Waals surface area contributed by atoms with Gasteiger partial charge in [-0.05, 0) is 57.7 Å². The van der Waals surface area contributed by atoms with Crippen molar-refractivity contribution in [1.82, 2.24) is 0 Å². The molecule has 0 spiro atoms. The number of hydrogen-bond acceptors (Lipinski definition) is 4. The van der Waals surface area contributed by atoms with E-state index in [-0.39, 0.29) is 0 Å². The van der Waals surface area contributed by atoms with E-state index in [1.165, 1.54) is 5.56 Å². The third-order valence-corrected chi connectivity index (χ3v) is 6.95. The van der Waals surface area contributed by atoms with E-state index >= 15 is 0 Å². The number of methoxy groups -OCH3 is 2. The van der Waals surface area contributed by atoms with Gasteiger partial charge in [-0.15, -0.1) is 0 Å². The average Bonchev–Trinajstić information content (AvgIpc) is 2.52. The van der Waals surface area contributed by atoms with Gasteiger partial charge in [0.05, 0.1) is 24.7 Å². The normalized spacial score (nSPS) is 12.2. The smallest absolute Gasteiger partial charge is 0.160 e. The molecule has 0 amide bonds. The molecular weight excluding hydrogens is 324 g/mol. The van der Waals surface area contributed by atoms with Crippen LogP contribution in [0.4, 0.5) is 0 Å². The fraction of sp³-hybridized carbons (Fsp3) is 0.684. The molecule has 24 heavy (non-hydrogen) atoms. The molecule has 0 aliphatic rings. The summed E-state index contributed by atoms with van der Waals surface area (Å²) in [5.74, 6) is 1.82. The van der Waals surface area contributed by atoms with E-state index < -0.39 is 14.6 Å². The summed E-state index contributed by atoms with van der Waals surface area (Å²) < 4.78 is 33.9. The molecule has 138 valence electrons. The molecule has 0 heterocycles. The highest BCUT2D eigenvalue weighted by atomic mass is 32.2. The van der Waals surface area contributed by atoms with Crippen LogP contribution in [0, 0.1) is 0 Å². The Morgan fingerprint density at radius 1 is 0.875 bits per heavy atom. The molecule has 0 radical (unpaired) electrons. The predicted octanol–water partition coefficient (Wildman–Crippen LogP) is 4.41. The van der Waals surface area contributed by atoms with Gasteiger partial charge in [0.25, 0.3) is 0 Å². The Labute approximate surface area is 147 Å². The zero-order valence-corrected chi connectivity index (χ0v) is 16.5. The fourth-order valence-corrected chi connectivity index (χ4v) is 3.69. The second kappa shape index (κ2) is 9.30. The minimum absolute atomic E-state index is 0.298. The second-order valence-corrected chi connectivity index (χ2v) is 10.0. The van der Waals surface area contributed by atoms with Crippen molar-refractivity contribution in [3.63, 3.8) is 0 Å². The summed E-state index contributed by atoms with van der Waals surface area (Å²) in [5.41, 5.74) is 1.24. The van der Waals surface area contributed by atoms with Crippen LogP contribution in [0.15, 0.2) is 18.2 Å². The minimum atomic E-state index is -2.97. The minimum Gasteiger partial charge on any atom is -0.493 e. The van der Waals surface area contributed by atoms with Gasteiger partial charge in [-0.25, -0.2) is 8.42 Å². The molecule has 0 aromatic heterocycles. The number of unbranched alkanes of at least 4 members (excludes halogenated alkanes) is 4. The fourth-order valence-electron chi connectivity index (χ4n) is 2.49. The monoisotopic (exact) mass is 356 g/mol. The predicted molar refractivity (Wildman–Crippen MR) is 99.9 cm³/mol. The van der Waals surface area contributed by atoms with Crippen molar-refractivity contribution in [3.05, 3.63) is 23.8 Å². The number of benzene rings is 1. The van der Waals surface area contributed by atoms with Gasteiger partial charge in [0.1, 0.15) is 0 Å². The molecule has 0 saturated heterocycles. The van der Waals surface area contributed by atoms with E-state index in [1.807, 2.05) is 12.1 Å². The van der Waals surface area contributed by atoms with E-state index in [1.54, 1.807) is 35.0 Å². The van der Waals surface area contributed by atoms with Crippen molar-refractivity contribution >= 4 is 9.84 Å². The van der Waals surface area contributed by atoms with E-state index in [2.05, 4.69) is 6.07 Å². The molecule has 0 unspecified atom stereocenters. The molecule has 0 aliphatic heterocycles. The van der Waals surface area contributed by atoms with E-state index in [9.17, 15) is 8.42 Å². The van der Waals surface area contributed by atoms with Gasteiger partial charge in [0.2, 0.25) is 0 Å². The average molecular weight is 357 g/mol. The van der Waals surface area contributed by atoms with Gasteiger partial charge < -0.3 is 9.47 Å². The maximum absolute atomic E-state index is 12.0. The highest BCUT2D eigenvalue weighted by Gasteiger charge is 2.27. The zero-order chi connectivity index (χ0) is 18.2. The highest BCUT2D eigenvalue weighted by molar-refractivity contribution is 7.92. The zero-order valence-electron chi connectivity index (χ0n) is 15.7. The van der Waals surface area contributed by atoms with Gasteiger partial charge in [-0.3, -0.25) is 0 Å². The Hall–Kier alpha value is -1.23. The lowest BCUT2D eigenvalue weighted by atomic mass is 10.1. The SMILES string of the molecule is COc1ccc(CCCCCCCS(=O)(=O)C(C)(C)C)cc1OC. The molecule has 4 nitrogen and oxygen atoms in total. The summed E-state index contributed by atoms with van der Waals surface area (Å²) in [4.78, 5) is 0. The Bertz CT molecular complexity index is 600. The number of hydrogen-bond donors (Lipinski definition) is 0. The molecule has 1 aromatic rings. The Morgan fingerprint density at radius 3 is 2.04 bits per heavy atom. The molecule has 5 heteroatoms. The molecule has 0 fully saturated rings. The van der Waals surface area contributed by atoms with Gasteiger partial charge >= 0.3 is 0 Å². The van der Waals surface area contributed by atoms with Crippen LogP contribution in [-0.4, -0.2) is 33.1 Å². The first-order valence-electron chi connectivity index (χ1n) is 8.64. The number of sulfone groups is 1. The summed E-state index contributed by atoms with van der Waals surface area (Å²) >= 11 is 0. The summed E-state index contributed by atoms with van der Waals surface area (Å²) in [6, 6.07) is 6.03. The summed E-state index contributed by atoms with van der Waals surface area (Å²) in [7, 11) is 0.309. The second-order valence-electron chi connectivity index (χ2n) is 7.14. The first-order valence-corrected chi connectivity index (χ1v) is 10.3. The highest BCUT2D eigenvalue weighted by Crippen LogP contribution is 2.28. The summed E-state index contributed by atoms with van der Waals surface area (Å²) in [6.45, 7) is 5.31. The van der Waals surface area contributed by atoms with Gasteiger partial charge in [-0.1, -0.05) is 25.3 Å². The molecule has 1 rings (SSSR count). The first kappa shape index (κ1) is 20.8. The van der Waals surface area contributed by atoms with Crippen LogP contribution in [0.25, 0.3) is 0 Å². The molecule has 0 N–H and O–H groups in total. The van der Waals surface area contributed by atoms with Gasteiger partial charge in [0, 0.05) is 0 Å². The molecule has 0 saturated carbocycles. The van der Waals surface area contributed by atoms with E-state index in [4.69, 9.17) is 9.47 Å². The summed E-state index contributed by atoms with van der Waals surface area (Å²) in [5, 5.41) is 0. The van der Waals surface area contributed by atoms with Crippen molar-refractivity contribution in [2.75, 3.05) is 20.0 Å². The standard InChI is InChI=1S/C19H32O4S/c1-19(2,3)24(20,21)14-10-8-6-7-9-11-16-12-13-17(22-4)18(15-16)23-5/h12-13,15H,6-11,14H2,1-5H3. The van der Waals surface area contributed by atoms with Crippen LogP contribution in [0.1, 0.15) is 58.4 Å². The van der Waals surface area contributed by atoms with Crippen molar-refractivity contribution in [2.24, 2.45) is 0 Å². The van der Waals surface area contributed by atoms with E-state index in [0.717, 1.165) is 50.0 Å². The van der Waals surface area contributed by atoms with Gasteiger partial charge in [-0.2, -0.15) is 0 Å². The quantitative estimate of drug-likeness (QED) is 0.583. The lowest BCUT2D eigenvalue weighted by molar-refractivity contribution is 0.354. The number of ether oxygens (including phenoxy) is 2. The largest absolute Gasteiger partial charge is 0.493 e. The van der Waals surface area contributed by atoms with Crippen LogP contribution >= 0.6 is 0 Å². The van der Waals surface area contributed by atoms with Crippen LogP contribution in [-0.2, 0) is 16.3 Å². The lowest BCUT2D eigenvalue weighted by Crippen LogP contribution is -2.30. The Kier molecular flexibility index (Phi) is 8.07. The van der Waals surface area contributed by atoms with Crippen molar-refractivity contribution < 1.29 is 17.9 Å². The number of aryl methyl sites for hydroxylation is 1. The molecule has 0 aliphatic carbocycles. The van der Waals surface area contributed by atoms with E-state index in [0.29, 0.717) is 5.75 Å². The lowest BCUT2D eigenvalue weighted by Gasteiger charge is -2.18. The van der Waals surface area contributed by atoms with Crippen molar-refractivity contribution in [2.45, 2.75) is 64.0 Å². The first-order chi connectivity index (χ1) is 11.2. The molecule has 0 bridgehead atoms. The van der Waals surface area contributed by atoms with Gasteiger partial charge in [0.15, 0.2) is 21.3 Å². The summed E-state index contributed by atoms with van der Waals surface area (Å²) in [6.07, 6.45) is 6.02. The molecular formula is C19H32O4S. The van der Waals surface area contributed by atoms with Crippen molar-refractivity contribution in [1.29, 1.82) is 0 Å². The Morgan fingerprint density at radius 2 is 1.46 bits per heavy atom.